The van der Waals surface area contributed by atoms with Gasteiger partial charge in [-0.05, 0) is 43.1 Å². The number of rotatable bonds is 3. The van der Waals surface area contributed by atoms with Crippen LogP contribution in [0.25, 0.3) is 0 Å². The molecule has 1 aromatic carbocycles. The molecule has 0 saturated carbocycles. The number of nitrogens with one attached hydrogen (secondary N) is 2. The summed E-state index contributed by atoms with van der Waals surface area (Å²) in [6, 6.07) is 7.72. The highest BCUT2D eigenvalue weighted by Crippen LogP contribution is 2.12. The third-order valence-electron chi connectivity index (χ3n) is 3.41. The molecule has 0 aliphatic carbocycles. The molecule has 1 aliphatic heterocycles. The number of amides is 1. The summed E-state index contributed by atoms with van der Waals surface area (Å²) in [6.45, 7) is 4.13. The molecule has 3 nitrogen and oxygen atoms in total. The van der Waals surface area contributed by atoms with Crippen LogP contribution in [0.3, 0.4) is 0 Å². The van der Waals surface area contributed by atoms with E-state index < -0.39 is 0 Å². The van der Waals surface area contributed by atoms with Crippen LogP contribution in [0.4, 0.5) is 0 Å². The van der Waals surface area contributed by atoms with E-state index in [9.17, 15) is 4.79 Å². The summed E-state index contributed by atoms with van der Waals surface area (Å²) >= 11 is 5.82. The van der Waals surface area contributed by atoms with E-state index >= 15 is 0 Å². The smallest absolute Gasteiger partial charge is 0.224 e. The maximum Gasteiger partial charge on any atom is 0.224 e. The van der Waals surface area contributed by atoms with E-state index in [1.54, 1.807) is 0 Å². The molecule has 1 aromatic rings. The number of hydrogen-bond donors (Lipinski definition) is 2. The van der Waals surface area contributed by atoms with Gasteiger partial charge in [0.15, 0.2) is 0 Å². The Morgan fingerprint density at radius 1 is 1.44 bits per heavy atom. The molecular weight excluding hydrogens is 248 g/mol. The van der Waals surface area contributed by atoms with Gasteiger partial charge in [-0.3, -0.25) is 4.79 Å². The van der Waals surface area contributed by atoms with E-state index in [2.05, 4.69) is 17.6 Å². The molecule has 0 spiro atoms. The molecule has 1 heterocycles. The quantitative estimate of drug-likeness (QED) is 0.879. The highest BCUT2D eigenvalue weighted by Gasteiger charge is 2.22. The lowest BCUT2D eigenvalue weighted by atomic mass is 9.95. The Morgan fingerprint density at radius 3 is 2.83 bits per heavy atom. The van der Waals surface area contributed by atoms with Crippen LogP contribution in [0.15, 0.2) is 24.3 Å². The van der Waals surface area contributed by atoms with Gasteiger partial charge in [0.2, 0.25) is 5.91 Å². The highest BCUT2D eigenvalue weighted by atomic mass is 35.5. The molecule has 18 heavy (non-hydrogen) atoms. The first kappa shape index (κ1) is 13.4. The minimum Gasteiger partial charge on any atom is -0.353 e. The Balaban J connectivity index is 1.86. The van der Waals surface area contributed by atoms with Crippen LogP contribution in [-0.4, -0.2) is 25.0 Å². The predicted octanol–water partition coefficient (Wildman–Crippen LogP) is 2.00. The molecule has 1 saturated heterocycles. The molecule has 1 aliphatic rings. The number of carbonyl (C=O) groups excluding carboxylic acids is 1. The van der Waals surface area contributed by atoms with Gasteiger partial charge in [-0.25, -0.2) is 0 Å². The molecule has 1 amide bonds. The topological polar surface area (TPSA) is 41.1 Å². The first-order valence-corrected chi connectivity index (χ1v) is 6.77. The van der Waals surface area contributed by atoms with Gasteiger partial charge >= 0.3 is 0 Å². The van der Waals surface area contributed by atoms with Crippen LogP contribution in [0.1, 0.15) is 18.9 Å². The van der Waals surface area contributed by atoms with E-state index in [1.807, 2.05) is 24.3 Å². The maximum absolute atomic E-state index is 11.9. The molecule has 2 N–H and O–H groups in total. The lowest BCUT2D eigenvalue weighted by Gasteiger charge is -2.30. The normalized spacial score (nSPS) is 23.7. The second-order valence-corrected chi connectivity index (χ2v) is 5.38. The van der Waals surface area contributed by atoms with Crippen molar-refractivity contribution in [2.45, 2.75) is 25.8 Å². The van der Waals surface area contributed by atoms with Crippen LogP contribution in [-0.2, 0) is 11.2 Å². The molecule has 0 aromatic heterocycles. The van der Waals surface area contributed by atoms with E-state index in [4.69, 9.17) is 11.6 Å². The van der Waals surface area contributed by atoms with Crippen molar-refractivity contribution in [3.05, 3.63) is 34.9 Å². The van der Waals surface area contributed by atoms with Crippen molar-refractivity contribution in [2.75, 3.05) is 13.1 Å². The average Bonchev–Trinajstić information content (AvgIpc) is 2.35. The number of carbonyl (C=O) groups is 1. The molecule has 2 rings (SSSR count). The van der Waals surface area contributed by atoms with Gasteiger partial charge in [0.05, 0.1) is 6.42 Å². The van der Waals surface area contributed by atoms with E-state index in [0.29, 0.717) is 23.4 Å². The Bertz CT molecular complexity index is 405. The third kappa shape index (κ3) is 3.72. The molecule has 98 valence electrons. The van der Waals surface area contributed by atoms with Gasteiger partial charge in [0, 0.05) is 11.1 Å². The Hall–Kier alpha value is -1.06. The predicted molar refractivity (Wildman–Crippen MR) is 73.7 cm³/mol. The van der Waals surface area contributed by atoms with Gasteiger partial charge < -0.3 is 10.6 Å². The summed E-state index contributed by atoms with van der Waals surface area (Å²) in [6.07, 6.45) is 1.43. The van der Waals surface area contributed by atoms with Gasteiger partial charge in [0.25, 0.3) is 0 Å². The minimum atomic E-state index is 0.0936. The van der Waals surface area contributed by atoms with Crippen molar-refractivity contribution in [3.8, 4) is 0 Å². The Morgan fingerprint density at radius 2 is 2.17 bits per heavy atom. The summed E-state index contributed by atoms with van der Waals surface area (Å²) in [7, 11) is 0. The fourth-order valence-corrected chi connectivity index (χ4v) is 2.40. The Kier molecular flexibility index (Phi) is 4.61. The number of benzene rings is 1. The summed E-state index contributed by atoms with van der Waals surface area (Å²) in [5.74, 6) is 0.587. The van der Waals surface area contributed by atoms with Crippen LogP contribution in [0.2, 0.25) is 5.02 Å². The summed E-state index contributed by atoms with van der Waals surface area (Å²) in [4.78, 5) is 11.9. The molecule has 2 atom stereocenters. The van der Waals surface area contributed by atoms with Crippen LogP contribution in [0, 0.1) is 5.92 Å². The summed E-state index contributed by atoms with van der Waals surface area (Å²) in [5.41, 5.74) is 0.999. The third-order valence-corrected chi connectivity index (χ3v) is 3.66. The first-order chi connectivity index (χ1) is 8.65. The van der Waals surface area contributed by atoms with Crippen molar-refractivity contribution in [1.29, 1.82) is 0 Å². The summed E-state index contributed by atoms with van der Waals surface area (Å²) in [5, 5.41) is 7.15. The fraction of sp³-hybridized carbons (Fsp3) is 0.500. The zero-order valence-corrected chi connectivity index (χ0v) is 11.3. The second kappa shape index (κ2) is 6.21. The van der Waals surface area contributed by atoms with Crippen molar-refractivity contribution >= 4 is 17.5 Å². The zero-order valence-electron chi connectivity index (χ0n) is 10.6. The van der Waals surface area contributed by atoms with Crippen molar-refractivity contribution in [1.82, 2.24) is 10.6 Å². The van der Waals surface area contributed by atoms with E-state index in [-0.39, 0.29) is 5.91 Å². The number of halogens is 1. The lowest BCUT2D eigenvalue weighted by Crippen LogP contribution is -2.48. The number of piperidine rings is 1. The van der Waals surface area contributed by atoms with Gasteiger partial charge in [-0.2, -0.15) is 0 Å². The van der Waals surface area contributed by atoms with Crippen LogP contribution >= 0.6 is 11.6 Å². The average molecular weight is 267 g/mol. The molecule has 4 heteroatoms. The van der Waals surface area contributed by atoms with Crippen molar-refractivity contribution in [2.24, 2.45) is 5.92 Å². The van der Waals surface area contributed by atoms with Crippen molar-refractivity contribution < 1.29 is 4.79 Å². The molecular formula is C14H19ClN2O. The summed E-state index contributed by atoms with van der Waals surface area (Å²) < 4.78 is 0. The standard InChI is InChI=1S/C14H19ClN2O/c1-10-9-16-7-6-13(10)17-14(18)8-11-2-4-12(15)5-3-11/h2-5,10,13,16H,6-9H2,1H3,(H,17,18). The van der Waals surface area contributed by atoms with Gasteiger partial charge in [-0.1, -0.05) is 30.7 Å². The van der Waals surface area contributed by atoms with E-state index in [1.165, 1.54) is 0 Å². The fourth-order valence-electron chi connectivity index (χ4n) is 2.27. The second-order valence-electron chi connectivity index (χ2n) is 4.95. The monoisotopic (exact) mass is 266 g/mol. The van der Waals surface area contributed by atoms with Gasteiger partial charge in [-0.15, -0.1) is 0 Å². The molecule has 2 unspecified atom stereocenters. The maximum atomic E-state index is 11.9. The first-order valence-electron chi connectivity index (χ1n) is 6.39. The SMILES string of the molecule is CC1CNCCC1NC(=O)Cc1ccc(Cl)cc1. The van der Waals surface area contributed by atoms with Crippen molar-refractivity contribution in [3.63, 3.8) is 0 Å². The largest absolute Gasteiger partial charge is 0.353 e. The van der Waals surface area contributed by atoms with Crippen LogP contribution < -0.4 is 10.6 Å². The molecule has 1 fully saturated rings. The molecule has 0 bridgehead atoms. The van der Waals surface area contributed by atoms with E-state index in [0.717, 1.165) is 25.1 Å². The Labute approximate surface area is 113 Å². The minimum absolute atomic E-state index is 0.0936. The molecule has 0 radical (unpaired) electrons. The lowest BCUT2D eigenvalue weighted by molar-refractivity contribution is -0.121. The van der Waals surface area contributed by atoms with Crippen LogP contribution in [0.5, 0.6) is 0 Å². The van der Waals surface area contributed by atoms with Gasteiger partial charge in [0.1, 0.15) is 0 Å². The zero-order chi connectivity index (χ0) is 13.0. The number of hydrogen-bond acceptors (Lipinski definition) is 2. The highest BCUT2D eigenvalue weighted by molar-refractivity contribution is 6.30.